The topological polar surface area (TPSA) is 74.3 Å². The molecule has 2 fully saturated rings. The van der Waals surface area contributed by atoms with Gasteiger partial charge in [-0.05, 0) is 94.7 Å². The summed E-state index contributed by atoms with van der Waals surface area (Å²) in [6, 6.07) is 4.24. The molecule has 5 aliphatic rings. The van der Waals surface area contributed by atoms with Crippen LogP contribution in [0.5, 0.6) is 11.5 Å². The number of benzene rings is 1. The van der Waals surface area contributed by atoms with E-state index < -0.39 is 23.3 Å². The van der Waals surface area contributed by atoms with Crippen molar-refractivity contribution >= 4 is 22.8 Å². The molecule has 1 aromatic carbocycles. The predicted octanol–water partition coefficient (Wildman–Crippen LogP) is 5.54. The minimum atomic E-state index is -1.27. The lowest BCUT2D eigenvalue weighted by molar-refractivity contribution is -0.212. The van der Waals surface area contributed by atoms with Crippen LogP contribution in [0.3, 0.4) is 0 Å². The van der Waals surface area contributed by atoms with E-state index in [1.54, 1.807) is 0 Å². The Morgan fingerprint density at radius 3 is 2.62 bits per heavy atom. The van der Waals surface area contributed by atoms with Crippen molar-refractivity contribution in [3.63, 3.8) is 0 Å². The first-order chi connectivity index (χ1) is 18.5. The van der Waals surface area contributed by atoms with Crippen LogP contribution in [0.2, 0.25) is 0 Å². The molecular weight excluding hydrogens is 514 g/mol. The molecule has 7 nitrogen and oxygen atoms in total. The third kappa shape index (κ3) is 4.70. The summed E-state index contributed by atoms with van der Waals surface area (Å²) in [5, 5.41) is 0.120. The molecule has 39 heavy (non-hydrogen) atoms. The van der Waals surface area contributed by atoms with Crippen LogP contribution in [-0.4, -0.2) is 64.0 Å². The molecule has 1 aliphatic carbocycles. The molecule has 6 rings (SSSR count). The molecule has 0 radical (unpaired) electrons. The first-order valence-corrected chi connectivity index (χ1v) is 15.4. The number of hydrogen-bond acceptors (Lipinski definition) is 8. The number of rotatable bonds is 5. The summed E-state index contributed by atoms with van der Waals surface area (Å²) in [5.41, 5.74) is 1.51. The van der Waals surface area contributed by atoms with Gasteiger partial charge in [-0.3, -0.25) is 9.69 Å². The Labute approximate surface area is 235 Å². The Morgan fingerprint density at radius 1 is 1.10 bits per heavy atom. The van der Waals surface area contributed by atoms with Gasteiger partial charge in [0.25, 0.3) is 0 Å². The fourth-order valence-electron chi connectivity index (χ4n) is 7.73. The highest BCUT2D eigenvalue weighted by Gasteiger charge is 2.58. The summed E-state index contributed by atoms with van der Waals surface area (Å²) >= 11 is 1.27. The highest BCUT2D eigenvalue weighted by atomic mass is 32.2. The van der Waals surface area contributed by atoms with E-state index in [4.69, 9.17) is 18.9 Å². The lowest BCUT2D eigenvalue weighted by atomic mass is 9.77. The second-order valence-electron chi connectivity index (χ2n) is 12.9. The molecule has 8 heteroatoms. The number of fused-ring (bicyclic) bond motifs is 3. The van der Waals surface area contributed by atoms with E-state index in [0.29, 0.717) is 6.42 Å². The standard InChI is InChI=1S/C31H41NO6S/c1-19(2)39-25(33)17-31(11-6-9-29(4,5)38-31)28(34)37-27-20(3)16-30-10-7-12-32(30)13-8-21-14-23-24(36-18-35-23)15-22(21)26(27)30/h14-16,19,26-27H,6-13,17-18H2,1-5H3/t26-,27?,30?,31?/m1/s1. The average molecular weight is 556 g/mol. The van der Waals surface area contributed by atoms with Gasteiger partial charge in [-0.2, -0.15) is 0 Å². The van der Waals surface area contributed by atoms with Crippen molar-refractivity contribution in [3.8, 4) is 11.5 Å². The summed E-state index contributed by atoms with van der Waals surface area (Å²) < 4.78 is 24.6. The molecule has 0 N–H and O–H groups in total. The molecule has 3 unspecified atom stereocenters. The number of ether oxygens (including phenoxy) is 4. The Balaban J connectivity index is 1.37. The van der Waals surface area contributed by atoms with Crippen LogP contribution in [-0.2, 0) is 25.5 Å². The van der Waals surface area contributed by atoms with Gasteiger partial charge in [0.1, 0.15) is 6.10 Å². The van der Waals surface area contributed by atoms with Crippen LogP contribution in [0, 0.1) is 0 Å². The molecule has 1 spiro atoms. The number of nitrogens with zero attached hydrogens (tertiary/aromatic N) is 1. The molecule has 1 aromatic rings. The van der Waals surface area contributed by atoms with Gasteiger partial charge < -0.3 is 18.9 Å². The molecule has 0 saturated carbocycles. The van der Waals surface area contributed by atoms with E-state index in [1.807, 2.05) is 27.7 Å². The van der Waals surface area contributed by atoms with Crippen LogP contribution >= 0.6 is 11.8 Å². The van der Waals surface area contributed by atoms with Gasteiger partial charge in [0.05, 0.1) is 17.6 Å². The average Bonchev–Trinajstić information content (AvgIpc) is 3.51. The Kier molecular flexibility index (Phi) is 6.83. The number of thioether (sulfide) groups is 1. The van der Waals surface area contributed by atoms with E-state index >= 15 is 0 Å². The third-order valence-corrected chi connectivity index (χ3v) is 10.1. The Morgan fingerprint density at radius 2 is 1.87 bits per heavy atom. The number of carbonyl (C=O) groups is 2. The molecule has 212 valence electrons. The van der Waals surface area contributed by atoms with E-state index in [0.717, 1.165) is 62.3 Å². The quantitative estimate of drug-likeness (QED) is 0.347. The highest BCUT2D eigenvalue weighted by molar-refractivity contribution is 8.14. The molecule has 0 aromatic heterocycles. The summed E-state index contributed by atoms with van der Waals surface area (Å²) in [7, 11) is 0. The van der Waals surface area contributed by atoms with Crippen molar-refractivity contribution in [2.24, 2.45) is 0 Å². The summed E-state index contributed by atoms with van der Waals surface area (Å²) in [6.07, 6.45) is 7.16. The third-order valence-electron chi connectivity index (χ3n) is 9.22. The van der Waals surface area contributed by atoms with E-state index in [1.165, 1.54) is 22.9 Å². The molecule has 4 atom stereocenters. The largest absolute Gasteiger partial charge is 0.455 e. The fraction of sp³-hybridized carbons (Fsp3) is 0.677. The fourth-order valence-corrected chi connectivity index (χ4v) is 8.57. The zero-order chi connectivity index (χ0) is 27.6. The number of esters is 1. The van der Waals surface area contributed by atoms with Gasteiger partial charge in [0.2, 0.25) is 6.79 Å². The van der Waals surface area contributed by atoms with Crippen molar-refractivity contribution < 1.29 is 28.5 Å². The van der Waals surface area contributed by atoms with E-state index in [2.05, 4.69) is 30.0 Å². The van der Waals surface area contributed by atoms with Gasteiger partial charge in [-0.25, -0.2) is 4.79 Å². The van der Waals surface area contributed by atoms with Gasteiger partial charge in [0, 0.05) is 17.7 Å². The summed E-state index contributed by atoms with van der Waals surface area (Å²) in [5.74, 6) is 1.10. The van der Waals surface area contributed by atoms with Gasteiger partial charge >= 0.3 is 5.97 Å². The summed E-state index contributed by atoms with van der Waals surface area (Å²) in [4.78, 5) is 29.9. The normalized spacial score (nSPS) is 32.7. The monoisotopic (exact) mass is 555 g/mol. The van der Waals surface area contributed by atoms with Crippen molar-refractivity contribution in [2.75, 3.05) is 19.9 Å². The minimum absolute atomic E-state index is 0.0238. The Hall–Kier alpha value is -2.03. The minimum Gasteiger partial charge on any atom is -0.455 e. The number of carbonyl (C=O) groups excluding carboxylic acids is 2. The maximum atomic E-state index is 14.3. The predicted molar refractivity (Wildman–Crippen MR) is 150 cm³/mol. The molecule has 0 bridgehead atoms. The van der Waals surface area contributed by atoms with Crippen LogP contribution in [0.25, 0.3) is 0 Å². The van der Waals surface area contributed by atoms with Gasteiger partial charge in [-0.15, -0.1) is 0 Å². The second-order valence-corrected chi connectivity index (χ2v) is 14.5. The van der Waals surface area contributed by atoms with Crippen molar-refractivity contribution in [1.29, 1.82) is 0 Å². The van der Waals surface area contributed by atoms with E-state index in [9.17, 15) is 9.59 Å². The SMILES string of the molecule is CC1=CC23CCCN2CCc2cc4c(cc2[C@@H]3C1OC(=O)C1(CC(=O)SC(C)C)CCCC(C)(C)O1)OCO4. The second kappa shape index (κ2) is 9.81. The molecule has 0 amide bonds. The van der Waals surface area contributed by atoms with Crippen molar-refractivity contribution in [1.82, 2.24) is 4.90 Å². The number of hydrogen-bond donors (Lipinski definition) is 0. The molecule has 4 heterocycles. The zero-order valence-electron chi connectivity index (χ0n) is 23.8. The van der Waals surface area contributed by atoms with E-state index in [-0.39, 0.29) is 35.0 Å². The van der Waals surface area contributed by atoms with Crippen LogP contribution in [0.1, 0.15) is 90.2 Å². The lowest BCUT2D eigenvalue weighted by Crippen LogP contribution is -2.54. The molecule has 2 saturated heterocycles. The van der Waals surface area contributed by atoms with Crippen molar-refractivity contribution in [3.05, 3.63) is 34.9 Å². The van der Waals surface area contributed by atoms with Crippen molar-refractivity contribution in [2.45, 2.75) is 114 Å². The lowest BCUT2D eigenvalue weighted by Gasteiger charge is -2.44. The highest BCUT2D eigenvalue weighted by Crippen LogP contribution is 2.56. The van der Waals surface area contributed by atoms with Gasteiger partial charge in [-0.1, -0.05) is 31.7 Å². The molecule has 4 aliphatic heterocycles. The molecular formula is C31H41NO6S. The van der Waals surface area contributed by atoms with Crippen LogP contribution < -0.4 is 9.47 Å². The Bertz CT molecular complexity index is 1210. The first-order valence-electron chi connectivity index (χ1n) is 14.5. The maximum absolute atomic E-state index is 14.3. The first kappa shape index (κ1) is 27.2. The smallest absolute Gasteiger partial charge is 0.339 e. The summed E-state index contributed by atoms with van der Waals surface area (Å²) in [6.45, 7) is 12.3. The maximum Gasteiger partial charge on any atom is 0.339 e. The zero-order valence-corrected chi connectivity index (χ0v) is 24.7. The van der Waals surface area contributed by atoms with Gasteiger partial charge in [0.15, 0.2) is 22.2 Å². The van der Waals surface area contributed by atoms with Crippen LogP contribution in [0.4, 0.5) is 0 Å². The van der Waals surface area contributed by atoms with Crippen LogP contribution in [0.15, 0.2) is 23.8 Å².